The van der Waals surface area contributed by atoms with Crippen LogP contribution >= 0.6 is 0 Å². The largest absolute Gasteiger partial charge is 0.296 e. The molecule has 1 nitrogen and oxygen atoms in total. The molecule has 0 atom stereocenters. The molecule has 1 aliphatic carbocycles. The van der Waals surface area contributed by atoms with Crippen LogP contribution in [-0.4, -0.2) is 4.98 Å². The minimum atomic E-state index is 0. The Morgan fingerprint density at radius 3 is 2.37 bits per heavy atom. The summed E-state index contributed by atoms with van der Waals surface area (Å²) in [6.07, 6.45) is 4.35. The average Bonchev–Trinajstić information content (AvgIpc) is 3.07. The molecule has 1 radical (unpaired) electrons. The van der Waals surface area contributed by atoms with Crippen LogP contribution in [0.4, 0.5) is 0 Å². The summed E-state index contributed by atoms with van der Waals surface area (Å²) < 4.78 is 0. The molecule has 0 aliphatic heterocycles. The van der Waals surface area contributed by atoms with Crippen molar-refractivity contribution in [1.82, 2.24) is 4.98 Å². The first-order valence-electron chi connectivity index (χ1n) is 8.91. The molecule has 2 heteroatoms. The maximum atomic E-state index is 4.92. The zero-order valence-electron chi connectivity index (χ0n) is 15.2. The van der Waals surface area contributed by atoms with Crippen molar-refractivity contribution in [2.24, 2.45) is 0 Å². The third kappa shape index (κ3) is 2.96. The Balaban J connectivity index is 0.00000180. The molecular formula is C25H18IrN-. The molecule has 0 saturated heterocycles. The predicted molar refractivity (Wildman–Crippen MR) is 110 cm³/mol. The number of nitrogens with zero attached hydrogens (tertiary/aromatic N) is 1. The predicted octanol–water partition coefficient (Wildman–Crippen LogP) is 6.47. The molecule has 0 spiro atoms. The van der Waals surface area contributed by atoms with E-state index in [-0.39, 0.29) is 20.1 Å². The van der Waals surface area contributed by atoms with Gasteiger partial charge in [0.1, 0.15) is 0 Å². The molecule has 5 rings (SSSR count). The summed E-state index contributed by atoms with van der Waals surface area (Å²) in [6.45, 7) is 4.33. The van der Waals surface area contributed by atoms with E-state index in [0.717, 1.165) is 16.8 Å². The van der Waals surface area contributed by atoms with Crippen molar-refractivity contribution >= 4 is 23.1 Å². The number of aromatic nitrogens is 1. The van der Waals surface area contributed by atoms with E-state index in [1.54, 1.807) is 0 Å². The van der Waals surface area contributed by atoms with Crippen molar-refractivity contribution in [1.29, 1.82) is 0 Å². The van der Waals surface area contributed by atoms with Crippen LogP contribution in [0.1, 0.15) is 22.3 Å². The van der Waals surface area contributed by atoms with Gasteiger partial charge in [0.15, 0.2) is 0 Å². The van der Waals surface area contributed by atoms with E-state index >= 15 is 0 Å². The van der Waals surface area contributed by atoms with Gasteiger partial charge in [-0.3, -0.25) is 4.98 Å². The summed E-state index contributed by atoms with van der Waals surface area (Å²) in [4.78, 5) is 4.92. The van der Waals surface area contributed by atoms with Crippen LogP contribution in [0.5, 0.6) is 0 Å². The van der Waals surface area contributed by atoms with Gasteiger partial charge in [-0.25, -0.2) is 0 Å². The SMILES string of the molecule is Cc1cccc(C)c1-c1cc[c-]c(-c2cc3c4c(cccc4n2)C=C3)c1.[Ir]. The third-order valence-electron chi connectivity index (χ3n) is 5.19. The van der Waals surface area contributed by atoms with E-state index < -0.39 is 0 Å². The van der Waals surface area contributed by atoms with Crippen LogP contribution in [0.3, 0.4) is 0 Å². The fourth-order valence-corrected chi connectivity index (χ4v) is 3.97. The van der Waals surface area contributed by atoms with E-state index in [1.807, 2.05) is 6.07 Å². The van der Waals surface area contributed by atoms with Gasteiger partial charge in [0.05, 0.1) is 5.52 Å². The average molecular weight is 525 g/mol. The number of pyridine rings is 1. The van der Waals surface area contributed by atoms with Crippen LogP contribution in [0.25, 0.3) is 45.4 Å². The Hall–Kier alpha value is -2.54. The van der Waals surface area contributed by atoms with Gasteiger partial charge >= 0.3 is 0 Å². The first kappa shape index (κ1) is 17.9. The summed E-state index contributed by atoms with van der Waals surface area (Å²) in [6, 6.07) is 24.7. The Morgan fingerprint density at radius 1 is 0.815 bits per heavy atom. The Labute approximate surface area is 173 Å². The fraction of sp³-hybridized carbons (Fsp3) is 0.0800. The molecule has 3 aromatic carbocycles. The van der Waals surface area contributed by atoms with Crippen molar-refractivity contribution in [2.45, 2.75) is 13.8 Å². The van der Waals surface area contributed by atoms with Crippen LogP contribution in [-0.2, 0) is 20.1 Å². The van der Waals surface area contributed by atoms with E-state index in [2.05, 4.69) is 86.7 Å². The topological polar surface area (TPSA) is 12.9 Å². The second-order valence-electron chi connectivity index (χ2n) is 6.93. The number of hydrogen-bond acceptors (Lipinski definition) is 1. The zero-order chi connectivity index (χ0) is 17.7. The molecular weight excluding hydrogens is 506 g/mol. The number of rotatable bonds is 2. The first-order chi connectivity index (χ1) is 12.7. The van der Waals surface area contributed by atoms with Crippen LogP contribution < -0.4 is 0 Å². The summed E-state index contributed by atoms with van der Waals surface area (Å²) in [5.41, 5.74) is 10.7. The van der Waals surface area contributed by atoms with Crippen molar-refractivity contribution in [2.75, 3.05) is 0 Å². The molecule has 0 fully saturated rings. The minimum absolute atomic E-state index is 0. The van der Waals surface area contributed by atoms with Crippen molar-refractivity contribution in [3.63, 3.8) is 0 Å². The number of hydrogen-bond donors (Lipinski definition) is 0. The second-order valence-corrected chi connectivity index (χ2v) is 6.93. The van der Waals surface area contributed by atoms with Crippen LogP contribution in [0.2, 0.25) is 0 Å². The molecule has 1 aromatic heterocycles. The van der Waals surface area contributed by atoms with Gasteiger partial charge in [-0.15, -0.1) is 35.4 Å². The summed E-state index contributed by atoms with van der Waals surface area (Å²) in [5.74, 6) is 0. The summed E-state index contributed by atoms with van der Waals surface area (Å²) in [5, 5.41) is 1.25. The van der Waals surface area contributed by atoms with Crippen molar-refractivity contribution in [3.8, 4) is 22.4 Å². The molecule has 0 unspecified atom stereocenters. The summed E-state index contributed by atoms with van der Waals surface area (Å²) in [7, 11) is 0. The van der Waals surface area contributed by atoms with Gasteiger partial charge in [-0.1, -0.05) is 48.6 Å². The van der Waals surface area contributed by atoms with Gasteiger partial charge in [-0.05, 0) is 53.4 Å². The number of benzene rings is 3. The fourth-order valence-electron chi connectivity index (χ4n) is 3.97. The van der Waals surface area contributed by atoms with Gasteiger partial charge in [0.2, 0.25) is 0 Å². The standard InChI is InChI=1S/C25H18N.Ir/c1-16-6-3-7-17(2)24(16)20-10-4-9-19(14-20)23-15-21-13-12-18-8-5-11-22(26-23)25(18)21;/h3-8,10-15H,1-2H3;/q-1;. The Bertz CT molecular complexity index is 1180. The van der Waals surface area contributed by atoms with Crippen LogP contribution in [0.15, 0.2) is 60.7 Å². The maximum absolute atomic E-state index is 4.92. The molecule has 0 saturated carbocycles. The molecule has 1 aliphatic rings. The summed E-state index contributed by atoms with van der Waals surface area (Å²) >= 11 is 0. The van der Waals surface area contributed by atoms with E-state index in [1.165, 1.54) is 38.8 Å². The number of aryl methyl sites for hydroxylation is 2. The van der Waals surface area contributed by atoms with Gasteiger partial charge < -0.3 is 0 Å². The van der Waals surface area contributed by atoms with Gasteiger partial charge in [-0.2, -0.15) is 0 Å². The van der Waals surface area contributed by atoms with E-state index in [9.17, 15) is 0 Å². The molecule has 27 heavy (non-hydrogen) atoms. The molecule has 1 heterocycles. The second kappa shape index (κ2) is 6.88. The third-order valence-corrected chi connectivity index (χ3v) is 5.19. The molecule has 0 bridgehead atoms. The molecule has 0 amide bonds. The van der Waals surface area contributed by atoms with Crippen molar-refractivity contribution < 1.29 is 20.1 Å². The quantitative estimate of drug-likeness (QED) is 0.241. The van der Waals surface area contributed by atoms with Gasteiger partial charge in [0, 0.05) is 25.5 Å². The maximum Gasteiger partial charge on any atom is 0.0607 e. The monoisotopic (exact) mass is 525 g/mol. The minimum Gasteiger partial charge on any atom is -0.296 e. The normalized spacial score (nSPS) is 11.6. The van der Waals surface area contributed by atoms with Crippen molar-refractivity contribution in [3.05, 3.63) is 89.0 Å². The van der Waals surface area contributed by atoms with E-state index in [0.29, 0.717) is 0 Å². The smallest absolute Gasteiger partial charge is 0.0607 e. The molecule has 4 aromatic rings. The Kier molecular flexibility index (Phi) is 4.55. The Morgan fingerprint density at radius 2 is 1.56 bits per heavy atom. The molecule has 133 valence electrons. The van der Waals surface area contributed by atoms with Crippen LogP contribution in [0, 0.1) is 19.9 Å². The molecule has 0 N–H and O–H groups in total. The van der Waals surface area contributed by atoms with Gasteiger partial charge in [0.25, 0.3) is 0 Å². The zero-order valence-corrected chi connectivity index (χ0v) is 17.6. The van der Waals surface area contributed by atoms with E-state index in [4.69, 9.17) is 4.98 Å². The first-order valence-corrected chi connectivity index (χ1v) is 8.91.